The summed E-state index contributed by atoms with van der Waals surface area (Å²) in [5.41, 5.74) is 2.98. The van der Waals surface area contributed by atoms with Gasteiger partial charge in [-0.1, -0.05) is 12.5 Å². The van der Waals surface area contributed by atoms with E-state index in [9.17, 15) is 14.0 Å². The molecule has 0 radical (unpaired) electrons. The van der Waals surface area contributed by atoms with E-state index < -0.39 is 18.0 Å². The molecule has 3 aliphatic rings. The second-order valence-electron chi connectivity index (χ2n) is 8.09. The SMILES string of the molecule is O=C(NC[C@H]1CN(c2ccc(N3Cc4cccnc4C3)c(F)c2)C(=O)O1)C1CCC1. The number of hydrogen-bond donors (Lipinski definition) is 1. The molecule has 1 saturated heterocycles. The van der Waals surface area contributed by atoms with Crippen LogP contribution < -0.4 is 15.1 Å². The lowest BCUT2D eigenvalue weighted by molar-refractivity contribution is -0.127. The zero-order chi connectivity index (χ0) is 20.7. The maximum absolute atomic E-state index is 14.9. The Kier molecular flexibility index (Phi) is 4.77. The number of benzene rings is 1. The van der Waals surface area contributed by atoms with Crippen LogP contribution in [0.5, 0.6) is 0 Å². The zero-order valence-electron chi connectivity index (χ0n) is 16.5. The first-order valence-corrected chi connectivity index (χ1v) is 10.3. The first kappa shape index (κ1) is 18.8. The van der Waals surface area contributed by atoms with Gasteiger partial charge in [-0.3, -0.25) is 14.7 Å². The Hall–Kier alpha value is -3.16. The number of ether oxygens (including phenoxy) is 1. The van der Waals surface area contributed by atoms with Gasteiger partial charge >= 0.3 is 6.09 Å². The molecule has 1 N–H and O–H groups in total. The smallest absolute Gasteiger partial charge is 0.414 e. The zero-order valence-corrected chi connectivity index (χ0v) is 16.5. The molecule has 3 heterocycles. The predicted molar refractivity (Wildman–Crippen MR) is 108 cm³/mol. The first-order valence-electron chi connectivity index (χ1n) is 10.3. The van der Waals surface area contributed by atoms with E-state index in [2.05, 4.69) is 10.3 Å². The molecule has 156 valence electrons. The normalized spacial score (nSPS) is 20.7. The Morgan fingerprint density at radius 1 is 1.27 bits per heavy atom. The Morgan fingerprint density at radius 3 is 2.87 bits per heavy atom. The number of carbonyl (C=O) groups excluding carboxylic acids is 2. The predicted octanol–water partition coefficient (Wildman–Crippen LogP) is 2.98. The first-order chi connectivity index (χ1) is 14.6. The Bertz CT molecular complexity index is 969. The third-order valence-electron chi connectivity index (χ3n) is 6.12. The number of hydrogen-bond acceptors (Lipinski definition) is 5. The largest absolute Gasteiger partial charge is 0.442 e. The summed E-state index contributed by atoms with van der Waals surface area (Å²) >= 11 is 0. The van der Waals surface area contributed by atoms with Crippen molar-refractivity contribution in [3.05, 3.63) is 53.6 Å². The molecular formula is C22H23FN4O3. The quantitative estimate of drug-likeness (QED) is 0.820. The molecule has 1 atom stereocenters. The third kappa shape index (κ3) is 3.46. The van der Waals surface area contributed by atoms with Gasteiger partial charge in [0.1, 0.15) is 11.9 Å². The standard InChI is InChI=1S/C22H23FN4O3/c23-18-9-16(6-7-20(18)26-11-15-5-2-8-24-19(15)13-26)27-12-17(30-22(27)29)10-25-21(28)14-3-1-4-14/h2,5-9,14,17H,1,3-4,10-13H2,(H,25,28)/t17-/m0/s1. The summed E-state index contributed by atoms with van der Waals surface area (Å²) in [6.07, 6.45) is 3.71. The van der Waals surface area contributed by atoms with Crippen LogP contribution in [0, 0.1) is 11.7 Å². The van der Waals surface area contributed by atoms with E-state index in [4.69, 9.17) is 4.74 Å². The highest BCUT2D eigenvalue weighted by molar-refractivity contribution is 5.90. The van der Waals surface area contributed by atoms with Gasteiger partial charge < -0.3 is 15.0 Å². The van der Waals surface area contributed by atoms with Crippen molar-refractivity contribution in [2.75, 3.05) is 22.9 Å². The minimum absolute atomic E-state index is 0.0206. The topological polar surface area (TPSA) is 74.8 Å². The minimum atomic E-state index is -0.525. The molecule has 1 aliphatic carbocycles. The molecule has 1 aromatic carbocycles. The van der Waals surface area contributed by atoms with Gasteiger partial charge in [-0.05, 0) is 42.7 Å². The van der Waals surface area contributed by atoms with E-state index in [1.54, 1.807) is 18.3 Å². The summed E-state index contributed by atoms with van der Waals surface area (Å²) in [6, 6.07) is 8.66. The highest BCUT2D eigenvalue weighted by atomic mass is 19.1. The molecule has 0 bridgehead atoms. The molecule has 2 amide bonds. The molecular weight excluding hydrogens is 387 g/mol. The van der Waals surface area contributed by atoms with Gasteiger partial charge in [0.2, 0.25) is 5.91 Å². The van der Waals surface area contributed by atoms with Crippen LogP contribution in [0.4, 0.5) is 20.6 Å². The lowest BCUT2D eigenvalue weighted by atomic mass is 9.85. The van der Waals surface area contributed by atoms with E-state index in [0.29, 0.717) is 24.5 Å². The van der Waals surface area contributed by atoms with E-state index >= 15 is 0 Å². The summed E-state index contributed by atoms with van der Waals surface area (Å²) in [4.78, 5) is 32.0. The molecule has 2 aliphatic heterocycles. The molecule has 7 nitrogen and oxygen atoms in total. The van der Waals surface area contributed by atoms with Crippen molar-refractivity contribution < 1.29 is 18.7 Å². The number of anilines is 2. The van der Waals surface area contributed by atoms with Crippen LogP contribution in [-0.2, 0) is 22.6 Å². The number of nitrogens with one attached hydrogen (secondary N) is 1. The van der Waals surface area contributed by atoms with Crippen molar-refractivity contribution in [3.8, 4) is 0 Å². The summed E-state index contributed by atoms with van der Waals surface area (Å²) < 4.78 is 20.2. The number of nitrogens with zero attached hydrogens (tertiary/aromatic N) is 3. The number of pyridine rings is 1. The highest BCUT2D eigenvalue weighted by Gasteiger charge is 2.34. The van der Waals surface area contributed by atoms with Crippen molar-refractivity contribution in [2.24, 2.45) is 5.92 Å². The Balaban J connectivity index is 1.23. The van der Waals surface area contributed by atoms with Crippen LogP contribution in [0.3, 0.4) is 0 Å². The monoisotopic (exact) mass is 410 g/mol. The highest BCUT2D eigenvalue weighted by Crippen LogP contribution is 2.32. The lowest BCUT2D eigenvalue weighted by Gasteiger charge is -2.24. The van der Waals surface area contributed by atoms with E-state index in [1.165, 1.54) is 11.0 Å². The maximum Gasteiger partial charge on any atom is 0.414 e. The number of aromatic nitrogens is 1. The Labute approximate surface area is 173 Å². The van der Waals surface area contributed by atoms with Crippen molar-refractivity contribution >= 4 is 23.4 Å². The van der Waals surface area contributed by atoms with Gasteiger partial charge in [-0.25, -0.2) is 9.18 Å². The molecule has 0 unspecified atom stereocenters. The number of amides is 2. The molecule has 0 spiro atoms. The van der Waals surface area contributed by atoms with Crippen molar-refractivity contribution in [3.63, 3.8) is 0 Å². The van der Waals surface area contributed by atoms with Crippen molar-refractivity contribution in [2.45, 2.75) is 38.5 Å². The van der Waals surface area contributed by atoms with E-state index in [1.807, 2.05) is 17.0 Å². The summed E-state index contributed by atoms with van der Waals surface area (Å²) in [6.45, 7) is 1.72. The van der Waals surface area contributed by atoms with Crippen LogP contribution in [0.1, 0.15) is 30.5 Å². The summed E-state index contributed by atoms with van der Waals surface area (Å²) in [5.74, 6) is -0.283. The second kappa shape index (κ2) is 7.59. The Morgan fingerprint density at radius 2 is 2.13 bits per heavy atom. The van der Waals surface area contributed by atoms with Gasteiger partial charge in [0.05, 0.1) is 36.7 Å². The van der Waals surface area contributed by atoms with Gasteiger partial charge in [0, 0.05) is 18.7 Å². The lowest BCUT2D eigenvalue weighted by Crippen LogP contribution is -2.39. The summed E-state index contributed by atoms with van der Waals surface area (Å²) in [7, 11) is 0. The summed E-state index contributed by atoms with van der Waals surface area (Å²) in [5, 5.41) is 2.86. The average molecular weight is 410 g/mol. The molecule has 1 aromatic heterocycles. The fraction of sp³-hybridized carbons (Fsp3) is 0.409. The van der Waals surface area contributed by atoms with Crippen LogP contribution in [0.25, 0.3) is 0 Å². The van der Waals surface area contributed by atoms with Crippen LogP contribution in [0.15, 0.2) is 36.5 Å². The molecule has 2 fully saturated rings. The van der Waals surface area contributed by atoms with Crippen LogP contribution in [-0.4, -0.2) is 36.2 Å². The van der Waals surface area contributed by atoms with E-state index in [0.717, 1.165) is 30.5 Å². The number of halogens is 1. The molecule has 30 heavy (non-hydrogen) atoms. The molecule has 8 heteroatoms. The molecule has 2 aromatic rings. The number of carbonyl (C=O) groups is 2. The van der Waals surface area contributed by atoms with Crippen LogP contribution >= 0.6 is 0 Å². The number of cyclic esters (lactones) is 1. The van der Waals surface area contributed by atoms with Gasteiger partial charge in [-0.2, -0.15) is 0 Å². The van der Waals surface area contributed by atoms with Gasteiger partial charge in [0.15, 0.2) is 0 Å². The van der Waals surface area contributed by atoms with E-state index in [-0.39, 0.29) is 24.9 Å². The number of fused-ring (bicyclic) bond motifs is 1. The van der Waals surface area contributed by atoms with Crippen LogP contribution in [0.2, 0.25) is 0 Å². The average Bonchev–Trinajstić information content (AvgIpc) is 3.28. The molecule has 5 rings (SSSR count). The fourth-order valence-electron chi connectivity index (χ4n) is 4.16. The van der Waals surface area contributed by atoms with Gasteiger partial charge in [-0.15, -0.1) is 0 Å². The third-order valence-corrected chi connectivity index (χ3v) is 6.12. The number of rotatable bonds is 5. The minimum Gasteiger partial charge on any atom is -0.442 e. The van der Waals surface area contributed by atoms with Crippen molar-refractivity contribution in [1.29, 1.82) is 0 Å². The maximum atomic E-state index is 14.9. The van der Waals surface area contributed by atoms with Gasteiger partial charge in [0.25, 0.3) is 0 Å². The fourth-order valence-corrected chi connectivity index (χ4v) is 4.16. The molecule has 1 saturated carbocycles. The van der Waals surface area contributed by atoms with Crippen molar-refractivity contribution in [1.82, 2.24) is 10.3 Å². The second-order valence-corrected chi connectivity index (χ2v) is 8.09.